The van der Waals surface area contributed by atoms with Crippen LogP contribution in [0.1, 0.15) is 52.7 Å². The molecule has 322 valence electrons. The fourth-order valence-corrected chi connectivity index (χ4v) is 8.97. The topological polar surface area (TPSA) is 364 Å². The van der Waals surface area contributed by atoms with E-state index in [0.717, 1.165) is 41.8 Å². The maximum absolute atomic E-state index is 12.7. The maximum Gasteiger partial charge on any atom is 0.481 e. The average Bonchev–Trinajstić information content (AvgIpc) is 3.67. The molecular weight excluding hydrogens is 843 g/mol. The fraction of sp³-hybridized carbons (Fsp3) is 0.655. The highest BCUT2D eigenvalue weighted by molar-refractivity contribution is 8.13. The number of fused-ring (bicyclic) bond motifs is 1. The predicted molar refractivity (Wildman–Crippen MR) is 200 cm³/mol. The number of phosphoric acid groups is 3. The minimum Gasteiger partial charge on any atom is -0.386 e. The van der Waals surface area contributed by atoms with Crippen molar-refractivity contribution >= 4 is 69.1 Å². The molecule has 0 aromatic carbocycles. The smallest absolute Gasteiger partial charge is 0.386 e. The molecule has 3 unspecified atom stereocenters. The number of nitrogen functional groups attached to an aromatic ring is 1. The standard InChI is InChI=1S/C29H48N7O17P3S/c1-5-7-17(8-6-2)28(41)57-12-11-31-19(37)9-10-32-26(40)23(39)29(3,4)14-50-56(47,48)53-55(45,46)49-13-18-22(52-54(42,43)44)21(38)27(51-18)36-16-35-20-24(30)33-15-34-25(20)36/h5,15-18,21-23,27,38-39H,1,6-14H2,2-4H3,(H,31,37)(H,32,40)(H,45,46)(H,47,48)(H2,30,33,34)(H2,42,43,44)/t17?,18-,21-,22-,23+,27-/m1/s1. The second-order valence-electron chi connectivity index (χ2n) is 13.2. The van der Waals surface area contributed by atoms with Crippen molar-refractivity contribution in [1.82, 2.24) is 30.2 Å². The number of nitrogens with zero attached hydrogens (tertiary/aromatic N) is 4. The molecule has 2 amide bonds. The molecule has 24 nitrogen and oxygen atoms in total. The van der Waals surface area contributed by atoms with Crippen LogP contribution in [0.15, 0.2) is 25.3 Å². The zero-order valence-electron chi connectivity index (χ0n) is 31.1. The first-order valence-electron chi connectivity index (χ1n) is 17.2. The first kappa shape index (κ1) is 48.7. The molecule has 0 spiro atoms. The zero-order valence-corrected chi connectivity index (χ0v) is 34.6. The van der Waals surface area contributed by atoms with Gasteiger partial charge >= 0.3 is 23.5 Å². The summed E-state index contributed by atoms with van der Waals surface area (Å²) in [5, 5.41) is 26.4. The molecule has 0 radical (unpaired) electrons. The third-order valence-electron chi connectivity index (χ3n) is 8.17. The third kappa shape index (κ3) is 14.8. The number of hydrogen-bond donors (Lipinski definition) is 9. The molecule has 0 bridgehead atoms. The Kier molecular flexibility index (Phi) is 17.9. The Balaban J connectivity index is 1.48. The van der Waals surface area contributed by atoms with E-state index in [1.54, 1.807) is 6.08 Å². The Morgan fingerprint density at radius 2 is 1.79 bits per heavy atom. The first-order chi connectivity index (χ1) is 26.5. The van der Waals surface area contributed by atoms with Crippen LogP contribution in [-0.4, -0.2) is 123 Å². The Labute approximate surface area is 330 Å². The predicted octanol–water partition coefficient (Wildman–Crippen LogP) is 0.657. The number of carbonyl (C=O) groups is 3. The van der Waals surface area contributed by atoms with Crippen molar-refractivity contribution in [2.45, 2.75) is 77.1 Å². The minimum absolute atomic E-state index is 0.0166. The van der Waals surface area contributed by atoms with Crippen LogP contribution < -0.4 is 16.4 Å². The summed E-state index contributed by atoms with van der Waals surface area (Å²) in [5.41, 5.74) is 4.26. The Morgan fingerprint density at radius 1 is 1.11 bits per heavy atom. The molecule has 0 saturated carbocycles. The van der Waals surface area contributed by atoms with Gasteiger partial charge in [-0.2, -0.15) is 4.31 Å². The highest BCUT2D eigenvalue weighted by atomic mass is 32.2. The van der Waals surface area contributed by atoms with E-state index in [0.29, 0.717) is 12.2 Å². The number of nitrogens with two attached hydrogens (primary N) is 1. The number of hydrogen-bond acceptors (Lipinski definition) is 18. The van der Waals surface area contributed by atoms with Crippen molar-refractivity contribution in [1.29, 1.82) is 0 Å². The summed E-state index contributed by atoms with van der Waals surface area (Å²) in [7, 11) is -16.4. The normalized spacial score (nSPS) is 22.0. The lowest BCUT2D eigenvalue weighted by atomic mass is 9.87. The number of aliphatic hydroxyl groups excluding tert-OH is 2. The van der Waals surface area contributed by atoms with Crippen LogP contribution in [0.25, 0.3) is 11.2 Å². The second kappa shape index (κ2) is 21.0. The summed E-state index contributed by atoms with van der Waals surface area (Å²) >= 11 is 1.11. The summed E-state index contributed by atoms with van der Waals surface area (Å²) in [6.07, 6.45) is -3.06. The van der Waals surface area contributed by atoms with Gasteiger partial charge in [0.2, 0.25) is 11.8 Å². The molecule has 1 saturated heterocycles. The van der Waals surface area contributed by atoms with E-state index in [1.165, 1.54) is 13.8 Å². The van der Waals surface area contributed by atoms with Gasteiger partial charge in [0, 0.05) is 36.6 Å². The van der Waals surface area contributed by atoms with E-state index in [2.05, 4.69) is 41.0 Å². The second-order valence-corrected chi connectivity index (χ2v) is 18.6. The van der Waals surface area contributed by atoms with Gasteiger partial charge in [0.25, 0.3) is 0 Å². The van der Waals surface area contributed by atoms with Crippen LogP contribution >= 0.6 is 35.2 Å². The van der Waals surface area contributed by atoms with E-state index in [-0.39, 0.29) is 47.5 Å². The first-order valence-corrected chi connectivity index (χ1v) is 22.7. The van der Waals surface area contributed by atoms with Gasteiger partial charge in [-0.3, -0.25) is 32.5 Å². The molecule has 2 aromatic heterocycles. The average molecular weight is 892 g/mol. The lowest BCUT2D eigenvalue weighted by Gasteiger charge is -2.30. The van der Waals surface area contributed by atoms with E-state index in [4.69, 9.17) is 19.5 Å². The maximum atomic E-state index is 12.7. The molecule has 0 aliphatic carbocycles. The lowest BCUT2D eigenvalue weighted by molar-refractivity contribution is -0.137. The molecule has 57 heavy (non-hydrogen) atoms. The SMILES string of the molecule is C=CCC(CCC)C(=O)SCCNC(=O)CCNC(=O)[C@H](O)C(C)(C)COP(=O)(O)OP(=O)(O)OC[C@H]1O[C@@H](n2cnc3c(N)ncnc32)[C@H](O)[C@@H]1OP(=O)(O)O. The molecule has 1 aliphatic rings. The van der Waals surface area contributed by atoms with Crippen LogP contribution in [0, 0.1) is 11.3 Å². The highest BCUT2D eigenvalue weighted by Crippen LogP contribution is 2.61. The number of ether oxygens (including phenoxy) is 1. The van der Waals surface area contributed by atoms with Crippen molar-refractivity contribution in [3.63, 3.8) is 0 Å². The zero-order chi connectivity index (χ0) is 42.8. The van der Waals surface area contributed by atoms with Gasteiger partial charge in [0.05, 0.1) is 19.5 Å². The summed E-state index contributed by atoms with van der Waals surface area (Å²) < 4.78 is 62.1. The number of thioether (sulfide) groups is 1. The molecular formula is C29H48N7O17P3S. The molecule has 8 atom stereocenters. The number of aromatic nitrogens is 4. The van der Waals surface area contributed by atoms with Crippen LogP contribution in [-0.2, 0) is 50.7 Å². The van der Waals surface area contributed by atoms with Gasteiger partial charge in [0.1, 0.15) is 36.3 Å². The summed E-state index contributed by atoms with van der Waals surface area (Å²) in [5.74, 6) is -1.23. The van der Waals surface area contributed by atoms with Gasteiger partial charge in [-0.05, 0) is 12.8 Å². The number of phosphoric ester groups is 3. The third-order valence-corrected chi connectivity index (χ3v) is 12.3. The van der Waals surface area contributed by atoms with Gasteiger partial charge in [-0.15, -0.1) is 6.58 Å². The van der Waals surface area contributed by atoms with E-state index in [9.17, 15) is 57.9 Å². The van der Waals surface area contributed by atoms with Crippen LogP contribution in [0.2, 0.25) is 0 Å². The molecule has 1 fully saturated rings. The van der Waals surface area contributed by atoms with Gasteiger partial charge in [-0.25, -0.2) is 28.6 Å². The number of allylic oxidation sites excluding steroid dienone is 1. The number of aliphatic hydroxyl groups is 2. The summed E-state index contributed by atoms with van der Waals surface area (Å²) in [6, 6.07) is 0. The number of imidazole rings is 1. The molecule has 3 heterocycles. The fourth-order valence-electron chi connectivity index (χ4n) is 5.28. The number of amides is 2. The summed E-state index contributed by atoms with van der Waals surface area (Å²) in [4.78, 5) is 88.1. The van der Waals surface area contributed by atoms with Crippen LogP contribution in [0.3, 0.4) is 0 Å². The van der Waals surface area contributed by atoms with E-state index in [1.807, 2.05) is 6.92 Å². The number of carbonyl (C=O) groups excluding carboxylic acids is 3. The van der Waals surface area contributed by atoms with Crippen molar-refractivity contribution in [3.05, 3.63) is 25.3 Å². The van der Waals surface area contributed by atoms with Crippen LogP contribution in [0.4, 0.5) is 5.82 Å². The minimum atomic E-state index is -5.57. The molecule has 1 aliphatic heterocycles. The van der Waals surface area contributed by atoms with Crippen molar-refractivity contribution in [2.24, 2.45) is 11.3 Å². The quantitative estimate of drug-likeness (QED) is 0.0397. The van der Waals surface area contributed by atoms with Gasteiger partial charge in [-0.1, -0.05) is 45.0 Å². The molecule has 3 rings (SSSR count). The Hall–Kier alpha value is -2.70. The lowest BCUT2D eigenvalue weighted by Crippen LogP contribution is -2.46. The number of anilines is 1. The highest BCUT2D eigenvalue weighted by Gasteiger charge is 2.50. The largest absolute Gasteiger partial charge is 0.481 e. The number of nitrogens with one attached hydrogen (secondary N) is 2. The Bertz CT molecular complexity index is 1870. The van der Waals surface area contributed by atoms with Crippen LogP contribution in [0.5, 0.6) is 0 Å². The van der Waals surface area contributed by atoms with E-state index < -0.39 is 84.6 Å². The molecule has 2 aromatic rings. The van der Waals surface area contributed by atoms with Crippen molar-refractivity contribution in [3.8, 4) is 0 Å². The van der Waals surface area contributed by atoms with E-state index >= 15 is 0 Å². The Morgan fingerprint density at radius 3 is 2.44 bits per heavy atom. The summed E-state index contributed by atoms with van der Waals surface area (Å²) in [6.45, 7) is 6.15. The molecule has 28 heteroatoms. The van der Waals surface area contributed by atoms with Gasteiger partial charge < -0.3 is 50.9 Å². The van der Waals surface area contributed by atoms with Crippen molar-refractivity contribution in [2.75, 3.05) is 37.8 Å². The van der Waals surface area contributed by atoms with Crippen molar-refractivity contribution < 1.29 is 80.5 Å². The van der Waals surface area contributed by atoms with Gasteiger partial charge in [0.15, 0.2) is 22.8 Å². The molecule has 10 N–H and O–H groups in total. The monoisotopic (exact) mass is 891 g/mol. The number of rotatable bonds is 24.